The summed E-state index contributed by atoms with van der Waals surface area (Å²) in [7, 11) is -0.464. The van der Waals surface area contributed by atoms with E-state index in [1.165, 1.54) is 6.07 Å². The fraction of sp³-hybridized carbons (Fsp3) is 0.421. The first-order valence-electron chi connectivity index (χ1n) is 8.64. The van der Waals surface area contributed by atoms with Crippen molar-refractivity contribution >= 4 is 18.3 Å². The quantitative estimate of drug-likeness (QED) is 0.479. The van der Waals surface area contributed by atoms with Gasteiger partial charge in [-0.05, 0) is 46.2 Å². The van der Waals surface area contributed by atoms with Gasteiger partial charge in [-0.2, -0.15) is 0 Å². The highest BCUT2D eigenvalue weighted by Gasteiger charge is 2.51. The number of aromatic nitrogens is 1. The number of nitro groups is 1. The summed E-state index contributed by atoms with van der Waals surface area (Å²) in [5.74, 6) is 0. The van der Waals surface area contributed by atoms with Crippen LogP contribution in [0.4, 0.5) is 5.69 Å². The van der Waals surface area contributed by atoms with E-state index in [4.69, 9.17) is 9.31 Å². The second kappa shape index (κ2) is 6.48. The van der Waals surface area contributed by atoms with Gasteiger partial charge in [0.05, 0.1) is 16.1 Å². The van der Waals surface area contributed by atoms with Gasteiger partial charge in [0.15, 0.2) is 0 Å². The SMILES string of the molecule is Cc1cccc([N+](=O)[O-])c1Cc1ccc(B2OC(C)(C)C(C)(C)O2)cn1. The van der Waals surface area contributed by atoms with E-state index >= 15 is 0 Å². The molecular formula is C19H23BN2O4. The second-order valence-electron chi connectivity index (χ2n) is 7.68. The van der Waals surface area contributed by atoms with Gasteiger partial charge < -0.3 is 9.31 Å². The number of benzene rings is 1. The van der Waals surface area contributed by atoms with Crippen LogP contribution in [0.25, 0.3) is 0 Å². The molecule has 7 heteroatoms. The number of hydrogen-bond donors (Lipinski definition) is 0. The first-order valence-corrected chi connectivity index (χ1v) is 8.64. The summed E-state index contributed by atoms with van der Waals surface area (Å²) in [5.41, 5.74) is 2.50. The van der Waals surface area contributed by atoms with Crippen molar-refractivity contribution < 1.29 is 14.2 Å². The Morgan fingerprint density at radius 3 is 2.31 bits per heavy atom. The molecule has 0 aliphatic carbocycles. The summed E-state index contributed by atoms with van der Waals surface area (Å²) >= 11 is 0. The Morgan fingerprint density at radius 2 is 1.77 bits per heavy atom. The molecule has 1 aromatic heterocycles. The largest absolute Gasteiger partial charge is 0.496 e. The Hall–Kier alpha value is -2.25. The molecule has 0 atom stereocenters. The molecule has 3 rings (SSSR count). The van der Waals surface area contributed by atoms with E-state index in [0.717, 1.165) is 16.7 Å². The average molecular weight is 354 g/mol. The van der Waals surface area contributed by atoms with Gasteiger partial charge in [0.25, 0.3) is 5.69 Å². The van der Waals surface area contributed by atoms with E-state index in [1.54, 1.807) is 12.3 Å². The molecule has 0 radical (unpaired) electrons. The van der Waals surface area contributed by atoms with Gasteiger partial charge in [0, 0.05) is 35.4 Å². The van der Waals surface area contributed by atoms with Crippen molar-refractivity contribution in [2.75, 3.05) is 0 Å². The van der Waals surface area contributed by atoms with Crippen molar-refractivity contribution in [1.29, 1.82) is 0 Å². The minimum absolute atomic E-state index is 0.127. The molecule has 2 heterocycles. The van der Waals surface area contributed by atoms with Crippen LogP contribution >= 0.6 is 0 Å². The van der Waals surface area contributed by atoms with Crippen LogP contribution in [0.3, 0.4) is 0 Å². The minimum atomic E-state index is -0.464. The van der Waals surface area contributed by atoms with E-state index in [0.29, 0.717) is 12.0 Å². The van der Waals surface area contributed by atoms with Crippen molar-refractivity contribution in [3.8, 4) is 0 Å². The molecule has 0 amide bonds. The molecule has 0 N–H and O–H groups in total. The normalized spacial score (nSPS) is 18.1. The summed E-state index contributed by atoms with van der Waals surface area (Å²) in [5, 5.41) is 11.3. The first-order chi connectivity index (χ1) is 12.1. The van der Waals surface area contributed by atoms with Gasteiger partial charge in [-0.25, -0.2) is 0 Å². The minimum Gasteiger partial charge on any atom is -0.399 e. The van der Waals surface area contributed by atoms with Crippen molar-refractivity contribution in [3.05, 3.63) is 63.5 Å². The zero-order valence-electron chi connectivity index (χ0n) is 15.8. The van der Waals surface area contributed by atoms with Crippen molar-refractivity contribution in [2.24, 2.45) is 0 Å². The molecule has 0 saturated carbocycles. The molecule has 1 saturated heterocycles. The third-order valence-electron chi connectivity index (χ3n) is 5.31. The molecule has 0 unspecified atom stereocenters. The fourth-order valence-electron chi connectivity index (χ4n) is 2.93. The van der Waals surface area contributed by atoms with Crippen molar-refractivity contribution in [3.63, 3.8) is 0 Å². The lowest BCUT2D eigenvalue weighted by molar-refractivity contribution is -0.385. The summed E-state index contributed by atoms with van der Waals surface area (Å²) in [6.45, 7) is 9.90. The molecule has 26 heavy (non-hydrogen) atoms. The fourth-order valence-corrected chi connectivity index (χ4v) is 2.93. The number of nitro benzene ring substituents is 1. The van der Waals surface area contributed by atoms with E-state index in [-0.39, 0.29) is 10.6 Å². The Labute approximate surface area is 153 Å². The maximum atomic E-state index is 11.3. The smallest absolute Gasteiger partial charge is 0.399 e. The lowest BCUT2D eigenvalue weighted by Gasteiger charge is -2.32. The van der Waals surface area contributed by atoms with Crippen LogP contribution in [-0.4, -0.2) is 28.2 Å². The second-order valence-corrected chi connectivity index (χ2v) is 7.68. The van der Waals surface area contributed by atoms with E-state index in [2.05, 4.69) is 4.98 Å². The lowest BCUT2D eigenvalue weighted by Crippen LogP contribution is -2.41. The van der Waals surface area contributed by atoms with Crippen LogP contribution in [0.5, 0.6) is 0 Å². The average Bonchev–Trinajstić information content (AvgIpc) is 2.78. The Kier molecular flexibility index (Phi) is 4.62. The number of hydrogen-bond acceptors (Lipinski definition) is 5. The Bertz CT molecular complexity index is 818. The first kappa shape index (κ1) is 18.5. The van der Waals surface area contributed by atoms with Crippen molar-refractivity contribution in [1.82, 2.24) is 4.98 Å². The topological polar surface area (TPSA) is 74.5 Å². The molecule has 1 aromatic carbocycles. The maximum absolute atomic E-state index is 11.3. The molecule has 6 nitrogen and oxygen atoms in total. The molecule has 1 fully saturated rings. The summed E-state index contributed by atoms with van der Waals surface area (Å²) in [4.78, 5) is 15.4. The van der Waals surface area contributed by atoms with E-state index < -0.39 is 18.3 Å². The van der Waals surface area contributed by atoms with Gasteiger partial charge in [-0.3, -0.25) is 15.1 Å². The lowest BCUT2D eigenvalue weighted by atomic mass is 9.80. The van der Waals surface area contributed by atoms with Gasteiger partial charge in [-0.1, -0.05) is 18.2 Å². The van der Waals surface area contributed by atoms with Crippen LogP contribution in [0.15, 0.2) is 36.5 Å². The van der Waals surface area contributed by atoms with Crippen LogP contribution in [-0.2, 0) is 15.7 Å². The summed E-state index contributed by atoms with van der Waals surface area (Å²) in [6.07, 6.45) is 2.13. The number of nitrogens with zero attached hydrogens (tertiary/aromatic N) is 2. The van der Waals surface area contributed by atoms with Crippen LogP contribution in [0.1, 0.15) is 44.5 Å². The van der Waals surface area contributed by atoms with Gasteiger partial charge in [0.2, 0.25) is 0 Å². The van der Waals surface area contributed by atoms with E-state index in [9.17, 15) is 10.1 Å². The third-order valence-corrected chi connectivity index (χ3v) is 5.31. The molecule has 1 aliphatic heterocycles. The van der Waals surface area contributed by atoms with Crippen molar-refractivity contribution in [2.45, 2.75) is 52.2 Å². The zero-order chi connectivity index (χ0) is 19.1. The van der Waals surface area contributed by atoms with Gasteiger partial charge in [0.1, 0.15) is 0 Å². The zero-order valence-corrected chi connectivity index (χ0v) is 15.8. The maximum Gasteiger partial charge on any atom is 0.496 e. The van der Waals surface area contributed by atoms with Gasteiger partial charge in [-0.15, -0.1) is 0 Å². The number of aryl methyl sites for hydroxylation is 1. The molecule has 0 spiro atoms. The van der Waals surface area contributed by atoms with Crippen LogP contribution in [0, 0.1) is 17.0 Å². The highest BCUT2D eigenvalue weighted by Crippen LogP contribution is 2.36. The van der Waals surface area contributed by atoms with Crippen LogP contribution < -0.4 is 5.46 Å². The summed E-state index contributed by atoms with van der Waals surface area (Å²) in [6, 6.07) is 8.89. The van der Waals surface area contributed by atoms with E-state index in [1.807, 2.05) is 52.8 Å². The monoisotopic (exact) mass is 354 g/mol. The third kappa shape index (κ3) is 3.37. The van der Waals surface area contributed by atoms with Gasteiger partial charge >= 0.3 is 7.12 Å². The van der Waals surface area contributed by atoms with Crippen LogP contribution in [0.2, 0.25) is 0 Å². The highest BCUT2D eigenvalue weighted by atomic mass is 16.7. The predicted octanol–water partition coefficient (Wildman–Crippen LogP) is 3.19. The molecule has 0 bridgehead atoms. The molecule has 2 aromatic rings. The Morgan fingerprint density at radius 1 is 1.12 bits per heavy atom. The molecule has 136 valence electrons. The highest BCUT2D eigenvalue weighted by molar-refractivity contribution is 6.62. The Balaban J connectivity index is 1.81. The predicted molar refractivity (Wildman–Crippen MR) is 101 cm³/mol. The molecule has 1 aliphatic rings. The standard InChI is InChI=1S/C19H23BN2O4/c1-13-7-6-8-17(22(23)24)16(13)11-15-10-9-14(12-21-15)20-25-18(2,3)19(4,5)26-20/h6-10,12H,11H2,1-5H3. The number of pyridine rings is 1. The summed E-state index contributed by atoms with van der Waals surface area (Å²) < 4.78 is 12.1. The number of rotatable bonds is 4. The molecular weight excluding hydrogens is 331 g/mol.